The maximum absolute atomic E-state index is 8.26. The zero-order chi connectivity index (χ0) is 8.53. The first-order valence-corrected chi connectivity index (χ1v) is 5.17. The molecule has 0 spiro atoms. The van der Waals surface area contributed by atoms with E-state index in [4.69, 9.17) is 5.26 Å². The van der Waals surface area contributed by atoms with Gasteiger partial charge in [-0.2, -0.15) is 5.26 Å². The van der Waals surface area contributed by atoms with Crippen molar-refractivity contribution in [1.29, 1.82) is 5.26 Å². The van der Waals surface area contributed by atoms with Gasteiger partial charge in [0.15, 0.2) is 0 Å². The van der Waals surface area contributed by atoms with Gasteiger partial charge in [-0.15, -0.1) is 11.8 Å². The van der Waals surface area contributed by atoms with Crippen LogP contribution in [0.5, 0.6) is 0 Å². The summed E-state index contributed by atoms with van der Waals surface area (Å²) in [6, 6.07) is 2.12. The third-order valence-electron chi connectivity index (χ3n) is 1.61. The summed E-state index contributed by atoms with van der Waals surface area (Å²) in [6.45, 7) is 7.67. The maximum atomic E-state index is 8.26. The van der Waals surface area contributed by atoms with Gasteiger partial charge in [0, 0.05) is 12.3 Å². The lowest BCUT2D eigenvalue weighted by Crippen LogP contribution is -2.25. The van der Waals surface area contributed by atoms with Gasteiger partial charge < -0.3 is 4.90 Å². The quantitative estimate of drug-likeness (QED) is 0.569. The summed E-state index contributed by atoms with van der Waals surface area (Å²) >= 11 is 1.71. The molecule has 0 saturated heterocycles. The molecule has 0 N–H and O–H groups in total. The van der Waals surface area contributed by atoms with Crippen molar-refractivity contribution >= 4 is 11.8 Å². The van der Waals surface area contributed by atoms with Crippen LogP contribution in [0.3, 0.4) is 0 Å². The highest BCUT2D eigenvalue weighted by atomic mass is 32.2. The van der Waals surface area contributed by atoms with Gasteiger partial charge in [-0.1, -0.05) is 13.8 Å². The minimum Gasteiger partial charge on any atom is -0.303 e. The lowest BCUT2D eigenvalue weighted by Gasteiger charge is -2.16. The Kier molecular flexibility index (Phi) is 7.76. The van der Waals surface area contributed by atoms with Crippen molar-refractivity contribution in [2.75, 3.05) is 31.1 Å². The number of hydrogen-bond acceptors (Lipinski definition) is 3. The topological polar surface area (TPSA) is 27.0 Å². The molecule has 0 aromatic heterocycles. The molecule has 0 aliphatic heterocycles. The minimum absolute atomic E-state index is 0.626. The van der Waals surface area contributed by atoms with Crippen molar-refractivity contribution in [1.82, 2.24) is 4.90 Å². The van der Waals surface area contributed by atoms with E-state index in [0.29, 0.717) is 5.75 Å². The van der Waals surface area contributed by atoms with Crippen LogP contribution in [0.4, 0.5) is 0 Å². The average molecular weight is 172 g/mol. The van der Waals surface area contributed by atoms with Crippen molar-refractivity contribution in [2.24, 2.45) is 0 Å². The Labute approximate surface area is 73.6 Å². The zero-order valence-electron chi connectivity index (χ0n) is 7.34. The molecule has 0 atom stereocenters. The fourth-order valence-corrected chi connectivity index (χ4v) is 1.47. The Morgan fingerprint density at radius 1 is 1.36 bits per heavy atom. The van der Waals surface area contributed by atoms with Crippen LogP contribution in [0.15, 0.2) is 0 Å². The Hall–Kier alpha value is -0.200. The SMILES string of the molecule is CCN(CC)CCSCC#N. The summed E-state index contributed by atoms with van der Waals surface area (Å²) in [5.41, 5.74) is 0. The standard InChI is InChI=1S/C8H16N2S/c1-3-10(4-2)6-8-11-7-5-9/h3-4,6-8H2,1-2H3. The molecule has 0 unspecified atom stereocenters. The Bertz CT molecular complexity index is 116. The first-order chi connectivity index (χ1) is 5.35. The highest BCUT2D eigenvalue weighted by Gasteiger charge is 1.96. The smallest absolute Gasteiger partial charge is 0.0808 e. The minimum atomic E-state index is 0.626. The Balaban J connectivity index is 3.16. The van der Waals surface area contributed by atoms with E-state index in [-0.39, 0.29) is 0 Å². The van der Waals surface area contributed by atoms with Crippen molar-refractivity contribution in [3.05, 3.63) is 0 Å². The molecule has 0 aromatic carbocycles. The molecule has 0 radical (unpaired) electrons. The number of rotatable bonds is 6. The molecule has 0 fully saturated rings. The van der Waals surface area contributed by atoms with Gasteiger partial charge in [0.1, 0.15) is 0 Å². The largest absolute Gasteiger partial charge is 0.303 e. The number of hydrogen-bond donors (Lipinski definition) is 0. The van der Waals surface area contributed by atoms with Gasteiger partial charge in [0.05, 0.1) is 11.8 Å². The molecule has 3 heteroatoms. The van der Waals surface area contributed by atoms with Gasteiger partial charge in [0.2, 0.25) is 0 Å². The molecule has 11 heavy (non-hydrogen) atoms. The molecule has 0 amide bonds. The molecular formula is C8H16N2S. The van der Waals surface area contributed by atoms with Crippen molar-refractivity contribution < 1.29 is 0 Å². The lowest BCUT2D eigenvalue weighted by molar-refractivity contribution is 0.324. The Morgan fingerprint density at radius 2 is 2.00 bits per heavy atom. The van der Waals surface area contributed by atoms with Crippen LogP contribution < -0.4 is 0 Å². The highest BCUT2D eigenvalue weighted by molar-refractivity contribution is 7.99. The molecule has 0 bridgehead atoms. The molecule has 0 heterocycles. The number of nitriles is 1. The van der Waals surface area contributed by atoms with Crippen molar-refractivity contribution in [3.63, 3.8) is 0 Å². The monoisotopic (exact) mass is 172 g/mol. The molecule has 0 aromatic rings. The molecule has 64 valence electrons. The molecule has 0 aliphatic carbocycles. The van der Waals surface area contributed by atoms with Crippen LogP contribution in [-0.2, 0) is 0 Å². The summed E-state index contributed by atoms with van der Waals surface area (Å²) in [5.74, 6) is 1.70. The van der Waals surface area contributed by atoms with E-state index in [1.165, 1.54) is 0 Å². The Morgan fingerprint density at radius 3 is 2.45 bits per heavy atom. The van der Waals surface area contributed by atoms with Crippen LogP contribution >= 0.6 is 11.8 Å². The summed E-state index contributed by atoms with van der Waals surface area (Å²) < 4.78 is 0. The van der Waals surface area contributed by atoms with E-state index >= 15 is 0 Å². The average Bonchev–Trinajstić information content (AvgIpc) is 2.05. The van der Waals surface area contributed by atoms with Crippen molar-refractivity contribution in [2.45, 2.75) is 13.8 Å². The van der Waals surface area contributed by atoms with E-state index in [2.05, 4.69) is 24.8 Å². The molecule has 0 aliphatic rings. The van der Waals surface area contributed by atoms with Gasteiger partial charge in [0.25, 0.3) is 0 Å². The molecule has 2 nitrogen and oxygen atoms in total. The third kappa shape index (κ3) is 6.21. The van der Waals surface area contributed by atoms with Crippen molar-refractivity contribution in [3.8, 4) is 6.07 Å². The third-order valence-corrected chi connectivity index (χ3v) is 2.42. The predicted molar refractivity (Wildman–Crippen MR) is 50.7 cm³/mol. The van der Waals surface area contributed by atoms with E-state index in [1.807, 2.05) is 0 Å². The van der Waals surface area contributed by atoms with Gasteiger partial charge in [-0.3, -0.25) is 0 Å². The van der Waals surface area contributed by atoms with Crippen LogP contribution in [0.25, 0.3) is 0 Å². The normalized spacial score (nSPS) is 10.0. The van der Waals surface area contributed by atoms with Crippen LogP contribution in [0.2, 0.25) is 0 Å². The summed E-state index contributed by atoms with van der Waals surface area (Å²) in [6.07, 6.45) is 0. The summed E-state index contributed by atoms with van der Waals surface area (Å²) in [5, 5.41) is 8.26. The van der Waals surface area contributed by atoms with E-state index in [9.17, 15) is 0 Å². The summed E-state index contributed by atoms with van der Waals surface area (Å²) in [7, 11) is 0. The molecular weight excluding hydrogens is 156 g/mol. The number of nitrogens with zero attached hydrogens (tertiary/aromatic N) is 2. The second-order valence-electron chi connectivity index (χ2n) is 2.24. The van der Waals surface area contributed by atoms with Crippen LogP contribution in [-0.4, -0.2) is 36.0 Å². The fraction of sp³-hybridized carbons (Fsp3) is 0.875. The second-order valence-corrected chi connectivity index (χ2v) is 3.34. The number of thioether (sulfide) groups is 1. The first kappa shape index (κ1) is 10.8. The van der Waals surface area contributed by atoms with E-state index in [0.717, 1.165) is 25.4 Å². The maximum Gasteiger partial charge on any atom is 0.0808 e. The van der Waals surface area contributed by atoms with Crippen LogP contribution in [0, 0.1) is 11.3 Å². The van der Waals surface area contributed by atoms with Gasteiger partial charge >= 0.3 is 0 Å². The van der Waals surface area contributed by atoms with E-state index in [1.54, 1.807) is 11.8 Å². The zero-order valence-corrected chi connectivity index (χ0v) is 8.15. The van der Waals surface area contributed by atoms with Gasteiger partial charge in [-0.25, -0.2) is 0 Å². The van der Waals surface area contributed by atoms with E-state index < -0.39 is 0 Å². The fourth-order valence-electron chi connectivity index (χ4n) is 0.851. The highest BCUT2D eigenvalue weighted by Crippen LogP contribution is 1.99. The molecule has 0 rings (SSSR count). The second kappa shape index (κ2) is 7.90. The molecule has 0 saturated carbocycles. The predicted octanol–water partition coefficient (Wildman–Crippen LogP) is 1.58. The summed E-state index contributed by atoms with van der Waals surface area (Å²) in [4.78, 5) is 2.37. The first-order valence-electron chi connectivity index (χ1n) is 4.02. The lowest BCUT2D eigenvalue weighted by atomic mass is 10.5. The van der Waals surface area contributed by atoms with Crippen LogP contribution in [0.1, 0.15) is 13.8 Å². The van der Waals surface area contributed by atoms with Gasteiger partial charge in [-0.05, 0) is 13.1 Å².